The van der Waals surface area contributed by atoms with Gasteiger partial charge in [0.25, 0.3) is 0 Å². The predicted octanol–water partition coefficient (Wildman–Crippen LogP) is 2.54. The van der Waals surface area contributed by atoms with Gasteiger partial charge in [-0.15, -0.1) is 0 Å². The number of rotatable bonds is 1. The second-order valence-corrected chi connectivity index (χ2v) is 5.80. The summed E-state index contributed by atoms with van der Waals surface area (Å²) in [6.45, 7) is 0. The zero-order valence-electron chi connectivity index (χ0n) is 13.8. The highest BCUT2D eigenvalue weighted by Crippen LogP contribution is 2.32. The largest absolute Gasteiger partial charge is 0.399 e. The monoisotopic (exact) mass is 344 g/mol. The van der Waals surface area contributed by atoms with Gasteiger partial charge in [-0.2, -0.15) is 0 Å². The smallest absolute Gasteiger partial charge is 0.201 e. The highest BCUT2D eigenvalue weighted by atomic mass is 16.1. The van der Waals surface area contributed by atoms with Crippen LogP contribution in [0.3, 0.4) is 0 Å². The molecule has 0 bridgehead atoms. The van der Waals surface area contributed by atoms with Crippen LogP contribution in [0.1, 0.15) is 21.5 Å². The first-order valence-corrected chi connectivity index (χ1v) is 7.90. The van der Waals surface area contributed by atoms with Crippen LogP contribution in [0.4, 0.5) is 5.69 Å². The maximum Gasteiger partial charge on any atom is 0.201 e. The van der Waals surface area contributed by atoms with E-state index in [1.54, 1.807) is 6.07 Å². The van der Waals surface area contributed by atoms with E-state index in [1.807, 2.05) is 48.5 Å². The minimum absolute atomic E-state index is 0.0162. The van der Waals surface area contributed by atoms with Gasteiger partial charge in [0.2, 0.25) is 5.78 Å². The topological polar surface area (TPSA) is 103 Å². The third kappa shape index (κ3) is 3.52. The van der Waals surface area contributed by atoms with E-state index >= 15 is 0 Å². The van der Waals surface area contributed by atoms with Crippen LogP contribution in [0.5, 0.6) is 0 Å². The van der Waals surface area contributed by atoms with E-state index in [9.17, 15) is 14.4 Å². The fourth-order valence-corrected chi connectivity index (χ4v) is 2.62. The molecule has 0 aromatic heterocycles. The molecule has 0 atom stereocenters. The van der Waals surface area contributed by atoms with E-state index in [0.717, 1.165) is 28.9 Å². The van der Waals surface area contributed by atoms with Gasteiger partial charge in [0.05, 0.1) is 5.70 Å². The Labute approximate surface area is 150 Å². The Kier molecular flexibility index (Phi) is 4.62. The highest BCUT2D eigenvalue weighted by molar-refractivity contribution is 6.37. The molecule has 0 radical (unpaired) electrons. The number of carbonyl (C=O) groups is 3. The molecule has 2 aliphatic carbocycles. The van der Waals surface area contributed by atoms with Gasteiger partial charge in [0.15, 0.2) is 11.6 Å². The minimum Gasteiger partial charge on any atom is -0.399 e. The number of hydrogen-bond donors (Lipinski definition) is 2. The Morgan fingerprint density at radius 1 is 0.769 bits per heavy atom. The Balaban J connectivity index is 0.000000185. The Morgan fingerprint density at radius 2 is 1.50 bits per heavy atom. The Hall–Kier alpha value is -3.73. The lowest BCUT2D eigenvalue weighted by Gasteiger charge is -2.01. The zero-order chi connectivity index (χ0) is 18.7. The lowest BCUT2D eigenvalue weighted by Crippen LogP contribution is -2.14. The van der Waals surface area contributed by atoms with Crippen LogP contribution in [-0.2, 0) is 9.59 Å². The molecular formula is C21H16N2O3. The maximum absolute atomic E-state index is 12.2. The molecule has 128 valence electrons. The van der Waals surface area contributed by atoms with E-state index in [4.69, 9.17) is 11.5 Å². The quantitative estimate of drug-likeness (QED) is 0.611. The van der Waals surface area contributed by atoms with Gasteiger partial charge in [0, 0.05) is 22.9 Å². The van der Waals surface area contributed by atoms with Gasteiger partial charge in [-0.3, -0.25) is 14.4 Å². The molecule has 0 spiro atoms. The third-order valence-electron chi connectivity index (χ3n) is 3.93. The SMILES string of the molecule is NC1=CC(=O)C=CC1=O.Nc1ccc2c(c1)C(=O)C(c1ccccc1)=C2. The molecule has 2 aliphatic rings. The van der Waals surface area contributed by atoms with E-state index in [2.05, 4.69) is 0 Å². The number of nitrogen functional groups attached to an aromatic ring is 1. The number of fused-ring (bicyclic) bond motifs is 1. The average Bonchev–Trinajstić information content (AvgIpc) is 2.96. The van der Waals surface area contributed by atoms with Crippen molar-refractivity contribution in [1.82, 2.24) is 0 Å². The molecule has 5 nitrogen and oxygen atoms in total. The van der Waals surface area contributed by atoms with Crippen molar-refractivity contribution in [3.05, 3.63) is 89.1 Å². The molecule has 0 unspecified atom stereocenters. The summed E-state index contributed by atoms with van der Waals surface area (Å²) < 4.78 is 0. The molecule has 0 aliphatic heterocycles. The normalized spacial score (nSPS) is 15.0. The van der Waals surface area contributed by atoms with Crippen molar-refractivity contribution in [3.63, 3.8) is 0 Å². The van der Waals surface area contributed by atoms with Crippen LogP contribution in [-0.4, -0.2) is 17.3 Å². The summed E-state index contributed by atoms with van der Waals surface area (Å²) in [5.41, 5.74) is 14.8. The fourth-order valence-electron chi connectivity index (χ4n) is 2.62. The molecule has 0 saturated heterocycles. The van der Waals surface area contributed by atoms with E-state index in [-0.39, 0.29) is 23.0 Å². The maximum atomic E-state index is 12.2. The van der Waals surface area contributed by atoms with Gasteiger partial charge in [-0.25, -0.2) is 0 Å². The summed E-state index contributed by atoms with van der Waals surface area (Å²) in [5, 5.41) is 0. The standard InChI is InChI=1S/C15H11NO.C6H5NO2/c16-12-7-6-11-8-13(15(17)14(11)9-12)10-4-2-1-3-5-10;7-5-3-4(8)1-2-6(5)9/h1-9H,16H2;1-3H,7H2. The number of carbonyl (C=O) groups excluding carboxylic acids is 3. The molecule has 0 amide bonds. The number of benzene rings is 2. The van der Waals surface area contributed by atoms with Crippen molar-refractivity contribution in [3.8, 4) is 0 Å². The summed E-state index contributed by atoms with van der Waals surface area (Å²) in [7, 11) is 0. The van der Waals surface area contributed by atoms with E-state index in [0.29, 0.717) is 11.3 Å². The minimum atomic E-state index is -0.297. The molecule has 2 aromatic rings. The number of nitrogens with two attached hydrogens (primary N) is 2. The predicted molar refractivity (Wildman–Crippen MR) is 101 cm³/mol. The molecule has 4 rings (SSSR count). The van der Waals surface area contributed by atoms with Gasteiger partial charge < -0.3 is 11.5 Å². The second kappa shape index (κ2) is 7.03. The summed E-state index contributed by atoms with van der Waals surface area (Å²) >= 11 is 0. The molecule has 5 heteroatoms. The van der Waals surface area contributed by atoms with Crippen molar-refractivity contribution in [2.24, 2.45) is 5.73 Å². The molecule has 0 saturated carbocycles. The van der Waals surface area contributed by atoms with Crippen molar-refractivity contribution < 1.29 is 14.4 Å². The van der Waals surface area contributed by atoms with Crippen LogP contribution in [0.15, 0.2) is 72.5 Å². The lowest BCUT2D eigenvalue weighted by molar-refractivity contribution is -0.114. The first-order chi connectivity index (χ1) is 12.5. The van der Waals surface area contributed by atoms with Gasteiger partial charge in [0.1, 0.15) is 0 Å². The molecule has 0 heterocycles. The number of allylic oxidation sites excluding steroid dienone is 4. The number of hydrogen-bond acceptors (Lipinski definition) is 5. The molecular weight excluding hydrogens is 328 g/mol. The van der Waals surface area contributed by atoms with Crippen LogP contribution in [0.2, 0.25) is 0 Å². The first-order valence-electron chi connectivity index (χ1n) is 7.90. The molecule has 26 heavy (non-hydrogen) atoms. The lowest BCUT2D eigenvalue weighted by atomic mass is 10.0. The van der Waals surface area contributed by atoms with Gasteiger partial charge >= 0.3 is 0 Å². The van der Waals surface area contributed by atoms with E-state index in [1.165, 1.54) is 6.08 Å². The summed E-state index contributed by atoms with van der Waals surface area (Å²) in [6.07, 6.45) is 5.39. The van der Waals surface area contributed by atoms with E-state index < -0.39 is 0 Å². The molecule has 2 aromatic carbocycles. The molecule has 4 N–H and O–H groups in total. The average molecular weight is 344 g/mol. The summed E-state index contributed by atoms with van der Waals surface area (Å²) in [4.78, 5) is 33.2. The van der Waals surface area contributed by atoms with Gasteiger partial charge in [-0.1, -0.05) is 36.4 Å². The fraction of sp³-hybridized carbons (Fsp3) is 0. The summed E-state index contributed by atoms with van der Waals surface area (Å²) in [6, 6.07) is 15.1. The Morgan fingerprint density at radius 3 is 2.15 bits per heavy atom. The van der Waals surface area contributed by atoms with Crippen molar-refractivity contribution in [1.29, 1.82) is 0 Å². The second-order valence-electron chi connectivity index (χ2n) is 5.80. The van der Waals surface area contributed by atoms with Crippen molar-refractivity contribution in [2.75, 3.05) is 5.73 Å². The Bertz CT molecular complexity index is 999. The van der Waals surface area contributed by atoms with Crippen LogP contribution in [0.25, 0.3) is 11.6 Å². The number of ketones is 3. The van der Waals surface area contributed by atoms with Crippen LogP contribution >= 0.6 is 0 Å². The highest BCUT2D eigenvalue weighted by Gasteiger charge is 2.23. The number of Topliss-reactive ketones (excluding diaryl/α,β-unsaturated/α-hetero) is 1. The number of anilines is 1. The molecule has 0 fully saturated rings. The van der Waals surface area contributed by atoms with Crippen molar-refractivity contribution in [2.45, 2.75) is 0 Å². The van der Waals surface area contributed by atoms with Gasteiger partial charge in [-0.05, 0) is 41.5 Å². The zero-order valence-corrected chi connectivity index (χ0v) is 13.8. The van der Waals surface area contributed by atoms with Crippen LogP contribution < -0.4 is 11.5 Å². The first kappa shape index (κ1) is 17.1. The van der Waals surface area contributed by atoms with Crippen LogP contribution in [0, 0.1) is 0 Å². The van der Waals surface area contributed by atoms with Crippen molar-refractivity contribution >= 4 is 34.7 Å². The summed E-state index contributed by atoms with van der Waals surface area (Å²) in [5.74, 6) is -0.472. The third-order valence-corrected chi connectivity index (χ3v) is 3.93.